The van der Waals surface area contributed by atoms with E-state index in [9.17, 15) is 14.4 Å². The Morgan fingerprint density at radius 3 is 2.50 bits per heavy atom. The summed E-state index contributed by atoms with van der Waals surface area (Å²) in [5.74, 6) is 0.952. The predicted octanol–water partition coefficient (Wildman–Crippen LogP) is 3.50. The van der Waals surface area contributed by atoms with Crippen LogP contribution >= 0.6 is 11.6 Å². The van der Waals surface area contributed by atoms with Crippen molar-refractivity contribution >= 4 is 37.4 Å². The zero-order chi connectivity index (χ0) is 31.4. The number of alkyl halides is 1. The van der Waals surface area contributed by atoms with Crippen LogP contribution in [-0.2, 0) is 14.3 Å². The first-order chi connectivity index (χ1) is 21.0. The summed E-state index contributed by atoms with van der Waals surface area (Å²) in [7, 11) is -0.411. The highest BCUT2D eigenvalue weighted by atomic mass is 35.5. The Labute approximate surface area is 270 Å². The van der Waals surface area contributed by atoms with E-state index in [0.29, 0.717) is 37.4 Å². The average molecular weight is 653 g/mol. The maximum Gasteiger partial charge on any atom is 0.223 e. The number of aliphatic imine (C=N–C) groups is 1. The van der Waals surface area contributed by atoms with Crippen LogP contribution in [0.5, 0.6) is 0 Å². The van der Waals surface area contributed by atoms with Gasteiger partial charge >= 0.3 is 0 Å². The van der Waals surface area contributed by atoms with Crippen LogP contribution in [0.3, 0.4) is 0 Å². The van der Waals surface area contributed by atoms with Gasteiger partial charge in [0.15, 0.2) is 8.32 Å². The number of rotatable bonds is 10. The molecule has 10 nitrogen and oxygen atoms in total. The number of fused-ring (bicyclic) bond motifs is 3. The van der Waals surface area contributed by atoms with Crippen molar-refractivity contribution in [1.29, 1.82) is 0 Å². The highest BCUT2D eigenvalue weighted by Crippen LogP contribution is 2.42. The smallest absolute Gasteiger partial charge is 0.223 e. The van der Waals surface area contributed by atoms with E-state index in [1.54, 1.807) is 0 Å². The van der Waals surface area contributed by atoms with Crippen LogP contribution < -0.4 is 21.5 Å². The molecule has 3 aliphatic carbocycles. The van der Waals surface area contributed by atoms with Gasteiger partial charge in [-0.1, -0.05) is 12.8 Å². The molecule has 0 bridgehead atoms. The van der Waals surface area contributed by atoms with Crippen molar-refractivity contribution in [3.8, 4) is 0 Å². The predicted molar refractivity (Wildman–Crippen MR) is 177 cm³/mol. The molecule has 2 aliphatic heterocycles. The average Bonchev–Trinajstić information content (AvgIpc) is 3.31. The molecular formula is C32H57ClN6O4Si. The topological polar surface area (TPSA) is 127 Å². The molecule has 0 radical (unpaired) electrons. The van der Waals surface area contributed by atoms with Gasteiger partial charge in [-0.05, 0) is 95.7 Å². The van der Waals surface area contributed by atoms with Gasteiger partial charge in [0, 0.05) is 49.2 Å². The summed E-state index contributed by atoms with van der Waals surface area (Å²) in [5.41, 5.74) is 8.21. The SMILES string of the molecule is COC1CCC2C(C1)C(C1CCC(Cl)CC1)=N[C@@H](CC(=O)NCCNC(=O)C1CCCCC1C[Si](C)(C)O)C1NNC(C)N21. The molecule has 7 unspecified atom stereocenters. The molecule has 8 atom stereocenters. The molecule has 0 aromatic heterocycles. The molecule has 0 aromatic rings. The van der Waals surface area contributed by atoms with Gasteiger partial charge in [0.05, 0.1) is 30.9 Å². The van der Waals surface area contributed by atoms with Crippen LogP contribution in [0.2, 0.25) is 19.1 Å². The fourth-order valence-corrected chi connectivity index (χ4v) is 10.9. The quantitative estimate of drug-likeness (QED) is 0.139. The first kappa shape index (κ1) is 34.3. The van der Waals surface area contributed by atoms with Crippen LogP contribution in [0.1, 0.15) is 84.0 Å². The molecule has 2 amide bonds. The lowest BCUT2D eigenvalue weighted by molar-refractivity contribution is -0.128. The van der Waals surface area contributed by atoms with Crippen molar-refractivity contribution in [2.45, 2.75) is 139 Å². The number of carbonyl (C=O) groups excluding carboxylic acids is 2. The van der Waals surface area contributed by atoms with E-state index in [4.69, 9.17) is 21.3 Å². The van der Waals surface area contributed by atoms with Gasteiger partial charge in [0.2, 0.25) is 11.8 Å². The van der Waals surface area contributed by atoms with Crippen LogP contribution in [0.15, 0.2) is 4.99 Å². The van der Waals surface area contributed by atoms with Crippen molar-refractivity contribution in [3.05, 3.63) is 0 Å². The number of ether oxygens (including phenoxy) is 1. The molecule has 4 fully saturated rings. The van der Waals surface area contributed by atoms with Gasteiger partial charge in [-0.15, -0.1) is 11.6 Å². The van der Waals surface area contributed by atoms with Crippen LogP contribution in [0, 0.1) is 23.7 Å². The van der Waals surface area contributed by atoms with E-state index in [0.717, 1.165) is 76.7 Å². The fourth-order valence-electron chi connectivity index (χ4n) is 8.88. The summed E-state index contributed by atoms with van der Waals surface area (Å²) >= 11 is 6.51. The number of halogens is 1. The zero-order valence-electron chi connectivity index (χ0n) is 27.3. The van der Waals surface area contributed by atoms with Gasteiger partial charge in [-0.3, -0.25) is 19.5 Å². The third-order valence-electron chi connectivity index (χ3n) is 11.0. The van der Waals surface area contributed by atoms with E-state index in [2.05, 4.69) is 33.3 Å². The summed E-state index contributed by atoms with van der Waals surface area (Å²) in [6.45, 7) is 6.90. The van der Waals surface area contributed by atoms with Crippen LogP contribution in [0.4, 0.5) is 0 Å². The molecule has 0 aromatic carbocycles. The van der Waals surface area contributed by atoms with Gasteiger partial charge in [0.25, 0.3) is 0 Å². The monoisotopic (exact) mass is 652 g/mol. The fraction of sp³-hybridized carbons (Fsp3) is 0.906. The maximum absolute atomic E-state index is 13.4. The highest BCUT2D eigenvalue weighted by Gasteiger charge is 2.50. The van der Waals surface area contributed by atoms with Crippen LogP contribution in [-0.4, -0.2) is 91.6 Å². The number of hydrogen-bond acceptors (Lipinski definition) is 8. The number of nitrogens with zero attached hydrogens (tertiary/aromatic N) is 2. The van der Waals surface area contributed by atoms with E-state index in [1.807, 2.05) is 20.2 Å². The molecule has 3 saturated carbocycles. The number of nitrogens with one attached hydrogen (secondary N) is 4. The summed E-state index contributed by atoms with van der Waals surface area (Å²) < 4.78 is 5.87. The standard InChI is InChI=1S/C32H57ClN6O4Si/c1-20-37-38-31-27(18-29(40)34-15-16-35-32(41)25-8-6-5-7-22(25)19-44(3,4)42)36-30(21-9-11-23(33)12-10-21)26-17-24(43-2)13-14-28(26)39(20)31/h20-28,31,37-38,42H,5-19H2,1-4H3,(H,34,40)(H,35,41)/t20?,21?,22?,23?,24?,25?,26?,27-,28?,31?/m0/s1. The first-order valence-corrected chi connectivity index (χ1v) is 20.9. The second kappa shape index (κ2) is 15.2. The van der Waals surface area contributed by atoms with Crippen LogP contribution in [0.25, 0.3) is 0 Å². The van der Waals surface area contributed by atoms with Crippen molar-refractivity contribution < 1.29 is 19.1 Å². The van der Waals surface area contributed by atoms with E-state index in [1.165, 1.54) is 5.71 Å². The minimum Gasteiger partial charge on any atom is -0.432 e. The minimum absolute atomic E-state index is 0.0404. The number of carbonyl (C=O) groups is 2. The lowest BCUT2D eigenvalue weighted by Gasteiger charge is -2.44. The van der Waals surface area contributed by atoms with E-state index >= 15 is 0 Å². The molecular weight excluding hydrogens is 596 g/mol. The summed E-state index contributed by atoms with van der Waals surface area (Å²) in [6, 6.07) is 0.903. The van der Waals surface area contributed by atoms with Crippen molar-refractivity contribution in [2.24, 2.45) is 28.7 Å². The van der Waals surface area contributed by atoms with Gasteiger partial charge in [-0.2, -0.15) is 0 Å². The second-order valence-electron chi connectivity index (χ2n) is 14.8. The number of hydrogen-bond donors (Lipinski definition) is 5. The summed E-state index contributed by atoms with van der Waals surface area (Å²) in [6.07, 6.45) is 11.9. The van der Waals surface area contributed by atoms with Crippen molar-refractivity contribution in [2.75, 3.05) is 20.2 Å². The highest BCUT2D eigenvalue weighted by molar-refractivity contribution is 6.69. The summed E-state index contributed by atoms with van der Waals surface area (Å²) in [5, 5.41) is 6.39. The molecule has 1 saturated heterocycles. The molecule has 44 heavy (non-hydrogen) atoms. The number of hydrazine groups is 1. The molecule has 5 N–H and O–H groups in total. The van der Waals surface area contributed by atoms with Gasteiger partial charge in [-0.25, -0.2) is 10.9 Å². The Morgan fingerprint density at radius 2 is 1.77 bits per heavy atom. The molecule has 250 valence electrons. The van der Waals surface area contributed by atoms with E-state index < -0.39 is 8.32 Å². The molecule has 2 heterocycles. The number of methoxy groups -OCH3 is 1. The third-order valence-corrected chi connectivity index (χ3v) is 12.9. The Kier molecular flexibility index (Phi) is 11.8. The first-order valence-electron chi connectivity index (χ1n) is 17.3. The largest absolute Gasteiger partial charge is 0.432 e. The van der Waals surface area contributed by atoms with Gasteiger partial charge < -0.3 is 20.2 Å². The zero-order valence-corrected chi connectivity index (χ0v) is 29.1. The Bertz CT molecular complexity index is 1020. The Balaban J connectivity index is 1.22. The molecule has 0 spiro atoms. The third kappa shape index (κ3) is 8.43. The maximum atomic E-state index is 13.4. The Morgan fingerprint density at radius 1 is 1.05 bits per heavy atom. The van der Waals surface area contributed by atoms with E-state index in [-0.39, 0.29) is 53.5 Å². The van der Waals surface area contributed by atoms with Gasteiger partial charge in [0.1, 0.15) is 0 Å². The molecule has 12 heteroatoms. The van der Waals surface area contributed by atoms with Crippen molar-refractivity contribution in [3.63, 3.8) is 0 Å². The Hall–Kier alpha value is -1.08. The lowest BCUT2D eigenvalue weighted by atomic mass is 9.72. The second-order valence-corrected chi connectivity index (χ2v) is 19.4. The minimum atomic E-state index is -2.23. The summed E-state index contributed by atoms with van der Waals surface area (Å²) in [4.78, 5) is 44.9. The number of amides is 2. The normalized spacial score (nSPS) is 38.2. The molecule has 5 aliphatic rings. The lowest BCUT2D eigenvalue weighted by Crippen LogP contribution is -2.55. The molecule has 5 rings (SSSR count). The van der Waals surface area contributed by atoms with Crippen molar-refractivity contribution in [1.82, 2.24) is 26.4 Å².